The normalized spacial score (nSPS) is 15.1. The lowest BCUT2D eigenvalue weighted by atomic mass is 9.78. The highest BCUT2D eigenvalue weighted by atomic mass is 19.4. The van der Waals surface area contributed by atoms with Crippen molar-refractivity contribution >= 4 is 6.09 Å². The van der Waals surface area contributed by atoms with Crippen LogP contribution in [0.5, 0.6) is 0 Å². The molecule has 0 radical (unpaired) electrons. The number of hydrogen-bond donors (Lipinski definition) is 3. The summed E-state index contributed by atoms with van der Waals surface area (Å²) in [7, 11) is 0. The molecular weight excluding hydrogens is 311 g/mol. The van der Waals surface area contributed by atoms with Gasteiger partial charge >= 0.3 is 12.3 Å². The molecular formula is C16H22F3NO3. The van der Waals surface area contributed by atoms with Crippen molar-refractivity contribution in [2.24, 2.45) is 5.41 Å². The molecule has 0 aromatic heterocycles. The van der Waals surface area contributed by atoms with Crippen LogP contribution >= 0.6 is 0 Å². The molecule has 1 aromatic carbocycles. The summed E-state index contributed by atoms with van der Waals surface area (Å²) < 4.78 is 38.0. The van der Waals surface area contributed by atoms with E-state index in [4.69, 9.17) is 5.11 Å². The number of nitrogens with one attached hydrogen (secondary N) is 1. The fourth-order valence-corrected chi connectivity index (χ4v) is 2.50. The maximum absolute atomic E-state index is 12.7. The number of aliphatic hydroxyl groups is 1. The Bertz CT molecular complexity index is 521. The van der Waals surface area contributed by atoms with Crippen molar-refractivity contribution in [1.82, 2.24) is 5.32 Å². The highest BCUT2D eigenvalue weighted by molar-refractivity contribution is 5.65. The SMILES string of the molecule is CC(C)(C)C[C@H](c1ccc(C(F)(F)F)cc1)[C@@H](CO)NC(=O)O. The van der Waals surface area contributed by atoms with Crippen LogP contribution in [-0.2, 0) is 6.18 Å². The number of hydrogen-bond acceptors (Lipinski definition) is 2. The molecule has 0 heterocycles. The van der Waals surface area contributed by atoms with Gasteiger partial charge in [-0.3, -0.25) is 0 Å². The van der Waals surface area contributed by atoms with E-state index in [0.717, 1.165) is 12.1 Å². The van der Waals surface area contributed by atoms with Gasteiger partial charge in [0.25, 0.3) is 0 Å². The van der Waals surface area contributed by atoms with Crippen LogP contribution < -0.4 is 5.32 Å². The second kappa shape index (κ2) is 7.21. The summed E-state index contributed by atoms with van der Waals surface area (Å²) in [6.07, 6.45) is -5.20. The molecule has 0 unspecified atom stereocenters. The van der Waals surface area contributed by atoms with E-state index in [1.165, 1.54) is 12.1 Å². The van der Waals surface area contributed by atoms with Crippen LogP contribution in [0.2, 0.25) is 0 Å². The molecule has 7 heteroatoms. The highest BCUT2D eigenvalue weighted by Crippen LogP contribution is 2.35. The van der Waals surface area contributed by atoms with Gasteiger partial charge in [0, 0.05) is 5.92 Å². The minimum Gasteiger partial charge on any atom is -0.465 e. The maximum atomic E-state index is 12.7. The van der Waals surface area contributed by atoms with E-state index < -0.39 is 36.4 Å². The molecule has 23 heavy (non-hydrogen) atoms. The first kappa shape index (κ1) is 19.3. The van der Waals surface area contributed by atoms with Crippen molar-refractivity contribution in [3.8, 4) is 0 Å². The van der Waals surface area contributed by atoms with Gasteiger partial charge in [0.05, 0.1) is 18.2 Å². The summed E-state index contributed by atoms with van der Waals surface area (Å²) in [5, 5.41) is 20.6. The van der Waals surface area contributed by atoms with Gasteiger partial charge in [-0.25, -0.2) is 4.79 Å². The monoisotopic (exact) mass is 333 g/mol. The molecule has 0 bridgehead atoms. The lowest BCUT2D eigenvalue weighted by molar-refractivity contribution is -0.137. The van der Waals surface area contributed by atoms with Gasteiger partial charge in [-0.1, -0.05) is 32.9 Å². The van der Waals surface area contributed by atoms with Crippen LogP contribution in [0.25, 0.3) is 0 Å². The molecule has 0 fully saturated rings. The third-order valence-electron chi connectivity index (χ3n) is 3.49. The molecule has 0 aliphatic rings. The van der Waals surface area contributed by atoms with Gasteiger partial charge in [-0.2, -0.15) is 13.2 Å². The Balaban J connectivity index is 3.15. The van der Waals surface area contributed by atoms with Crippen LogP contribution in [0.3, 0.4) is 0 Å². The van der Waals surface area contributed by atoms with Crippen molar-refractivity contribution in [2.45, 2.75) is 45.3 Å². The lowest BCUT2D eigenvalue weighted by Crippen LogP contribution is -2.42. The van der Waals surface area contributed by atoms with Crippen LogP contribution in [0.1, 0.15) is 44.2 Å². The zero-order valence-corrected chi connectivity index (χ0v) is 13.3. The van der Waals surface area contributed by atoms with Crippen molar-refractivity contribution in [1.29, 1.82) is 0 Å². The second-order valence-electron chi connectivity index (χ2n) is 6.73. The Morgan fingerprint density at radius 2 is 1.70 bits per heavy atom. The molecule has 0 spiro atoms. The second-order valence-corrected chi connectivity index (χ2v) is 6.73. The summed E-state index contributed by atoms with van der Waals surface area (Å²) in [6, 6.07) is 3.83. The quantitative estimate of drug-likeness (QED) is 0.766. The number of amides is 1. The summed E-state index contributed by atoms with van der Waals surface area (Å²) in [6.45, 7) is 5.39. The van der Waals surface area contributed by atoms with Crippen molar-refractivity contribution in [3.05, 3.63) is 35.4 Å². The van der Waals surface area contributed by atoms with E-state index in [1.54, 1.807) is 0 Å². The fraction of sp³-hybridized carbons (Fsp3) is 0.562. The Labute approximate surface area is 133 Å². The van der Waals surface area contributed by atoms with Crippen molar-refractivity contribution in [3.63, 3.8) is 0 Å². The molecule has 4 nitrogen and oxygen atoms in total. The number of halogens is 3. The van der Waals surface area contributed by atoms with Crippen LogP contribution in [-0.4, -0.2) is 29.0 Å². The highest BCUT2D eigenvalue weighted by Gasteiger charge is 2.32. The summed E-state index contributed by atoms with van der Waals surface area (Å²) >= 11 is 0. The van der Waals surface area contributed by atoms with Gasteiger partial charge in [0.2, 0.25) is 0 Å². The minimum absolute atomic E-state index is 0.193. The summed E-state index contributed by atoms with van der Waals surface area (Å²) in [5.41, 5.74) is -0.399. The fourth-order valence-electron chi connectivity index (χ4n) is 2.50. The number of rotatable bonds is 5. The smallest absolute Gasteiger partial charge is 0.416 e. The maximum Gasteiger partial charge on any atom is 0.416 e. The van der Waals surface area contributed by atoms with Crippen LogP contribution in [0.15, 0.2) is 24.3 Å². The molecule has 0 aliphatic carbocycles. The standard InChI is InChI=1S/C16H22F3NO3/c1-15(2,3)8-12(13(9-21)20-14(22)23)10-4-6-11(7-5-10)16(17,18)19/h4-7,12-13,20-21H,8-9H2,1-3H3,(H,22,23)/t12-,13-/m1/s1. The van der Waals surface area contributed by atoms with Crippen LogP contribution in [0, 0.1) is 5.41 Å². The van der Waals surface area contributed by atoms with Crippen molar-refractivity contribution in [2.75, 3.05) is 6.61 Å². The Hall–Kier alpha value is -1.76. The molecule has 2 atom stereocenters. The number of benzene rings is 1. The van der Waals surface area contributed by atoms with Gasteiger partial charge < -0.3 is 15.5 Å². The van der Waals surface area contributed by atoms with Gasteiger partial charge in [-0.15, -0.1) is 0 Å². The molecule has 1 aromatic rings. The molecule has 130 valence electrons. The average Bonchev–Trinajstić information content (AvgIpc) is 2.40. The number of aliphatic hydroxyl groups excluding tert-OH is 1. The third-order valence-corrected chi connectivity index (χ3v) is 3.49. The van der Waals surface area contributed by atoms with E-state index in [2.05, 4.69) is 5.32 Å². The van der Waals surface area contributed by atoms with Gasteiger partial charge in [0.1, 0.15) is 0 Å². The minimum atomic E-state index is -4.42. The Kier molecular flexibility index (Phi) is 6.04. The van der Waals surface area contributed by atoms with Crippen molar-refractivity contribution < 1.29 is 28.2 Å². The first-order chi connectivity index (χ1) is 10.4. The van der Waals surface area contributed by atoms with E-state index >= 15 is 0 Å². The molecule has 1 rings (SSSR count). The zero-order chi connectivity index (χ0) is 17.8. The van der Waals surface area contributed by atoms with Crippen LogP contribution in [0.4, 0.5) is 18.0 Å². The number of carboxylic acid groups (broad SMARTS) is 1. The van der Waals surface area contributed by atoms with E-state index in [0.29, 0.717) is 12.0 Å². The predicted octanol–water partition coefficient (Wildman–Crippen LogP) is 3.85. The van der Waals surface area contributed by atoms with Gasteiger partial charge in [0.15, 0.2) is 0 Å². The Morgan fingerprint density at radius 1 is 1.17 bits per heavy atom. The average molecular weight is 333 g/mol. The predicted molar refractivity (Wildman–Crippen MR) is 80.3 cm³/mol. The van der Waals surface area contributed by atoms with E-state index in [1.807, 2.05) is 20.8 Å². The summed E-state index contributed by atoms with van der Waals surface area (Å²) in [4.78, 5) is 10.9. The molecule has 0 saturated heterocycles. The first-order valence-electron chi connectivity index (χ1n) is 7.21. The topological polar surface area (TPSA) is 69.6 Å². The summed E-state index contributed by atoms with van der Waals surface area (Å²) in [5.74, 6) is -0.432. The zero-order valence-electron chi connectivity index (χ0n) is 13.3. The largest absolute Gasteiger partial charge is 0.465 e. The molecule has 3 N–H and O–H groups in total. The van der Waals surface area contributed by atoms with E-state index in [9.17, 15) is 23.1 Å². The first-order valence-corrected chi connectivity index (χ1v) is 7.21. The molecule has 1 amide bonds. The number of alkyl halides is 3. The third kappa shape index (κ3) is 6.09. The Morgan fingerprint density at radius 3 is 2.04 bits per heavy atom. The lowest BCUT2D eigenvalue weighted by Gasteiger charge is -2.32. The van der Waals surface area contributed by atoms with E-state index in [-0.39, 0.29) is 5.41 Å². The van der Waals surface area contributed by atoms with Gasteiger partial charge in [-0.05, 0) is 29.5 Å². The molecule has 0 aliphatic heterocycles. The number of carbonyl (C=O) groups is 1. The molecule has 0 saturated carbocycles.